The van der Waals surface area contributed by atoms with Gasteiger partial charge in [-0.1, -0.05) is 62.7 Å². The van der Waals surface area contributed by atoms with Crippen LogP contribution in [-0.2, 0) is 11.2 Å². The van der Waals surface area contributed by atoms with Gasteiger partial charge in [0.25, 0.3) is 5.88 Å². The number of aromatic nitrogens is 1. The molecule has 2 unspecified atom stereocenters. The second-order valence-corrected chi connectivity index (χ2v) is 9.82. The van der Waals surface area contributed by atoms with Crippen molar-refractivity contribution < 1.29 is 18.8 Å². The molecule has 2 aromatic carbocycles. The maximum atomic E-state index is 10.8. The highest BCUT2D eigenvalue weighted by atomic mass is 16.5. The average Bonchev–Trinajstić information content (AvgIpc) is 3.40. The lowest BCUT2D eigenvalue weighted by Gasteiger charge is -2.28. The molecular formula is C32H40N2O4. The van der Waals surface area contributed by atoms with Crippen LogP contribution in [-0.4, -0.2) is 24.3 Å². The van der Waals surface area contributed by atoms with Crippen LogP contribution in [0.3, 0.4) is 0 Å². The van der Waals surface area contributed by atoms with Gasteiger partial charge in [0.05, 0.1) is 7.11 Å². The summed E-state index contributed by atoms with van der Waals surface area (Å²) in [7, 11) is 1.59. The van der Waals surface area contributed by atoms with E-state index in [-0.39, 0.29) is 11.8 Å². The summed E-state index contributed by atoms with van der Waals surface area (Å²) < 4.78 is 17.0. The van der Waals surface area contributed by atoms with Gasteiger partial charge in [-0.15, -0.1) is 0 Å². The molecule has 0 N–H and O–H groups in total. The maximum Gasteiger partial charge on any atom is 0.254 e. The lowest BCUT2D eigenvalue weighted by molar-refractivity contribution is -0.107. The molecule has 1 aromatic heterocycles. The van der Waals surface area contributed by atoms with Gasteiger partial charge in [-0.05, 0) is 67.4 Å². The van der Waals surface area contributed by atoms with Crippen molar-refractivity contribution in [2.24, 2.45) is 16.8 Å². The van der Waals surface area contributed by atoms with Gasteiger partial charge in [0.15, 0.2) is 0 Å². The van der Waals surface area contributed by atoms with E-state index in [0.29, 0.717) is 18.2 Å². The van der Waals surface area contributed by atoms with Crippen molar-refractivity contribution in [1.29, 1.82) is 0 Å². The zero-order chi connectivity index (χ0) is 27.2. The van der Waals surface area contributed by atoms with Gasteiger partial charge in [-0.25, -0.2) is 0 Å². The summed E-state index contributed by atoms with van der Waals surface area (Å²) in [5, 5.41) is 4.03. The molecule has 3 rings (SSSR count). The number of carbonyl (C=O) groups excluding carboxylic acids is 1. The fourth-order valence-electron chi connectivity index (χ4n) is 4.76. The van der Waals surface area contributed by atoms with Gasteiger partial charge < -0.3 is 18.8 Å². The second kappa shape index (κ2) is 15.6. The first kappa shape index (κ1) is 28.9. The molecule has 2 atom stereocenters. The van der Waals surface area contributed by atoms with E-state index >= 15 is 0 Å². The van der Waals surface area contributed by atoms with Crippen molar-refractivity contribution in [1.82, 2.24) is 5.16 Å². The SMILES string of the molecule is COc1cc(C(C(C)C)C(CCCCC=O)/C(C)=N/C=C\CCc2ccccc2Oc2ccccc2)on1. The van der Waals surface area contributed by atoms with Crippen molar-refractivity contribution in [3.05, 3.63) is 84.3 Å². The van der Waals surface area contributed by atoms with E-state index in [1.54, 1.807) is 7.11 Å². The summed E-state index contributed by atoms with van der Waals surface area (Å²) in [5.74, 6) is 3.61. The molecule has 0 fully saturated rings. The van der Waals surface area contributed by atoms with Crippen LogP contribution in [0.2, 0.25) is 0 Å². The normalized spacial score (nSPS) is 13.6. The molecule has 38 heavy (non-hydrogen) atoms. The first-order valence-electron chi connectivity index (χ1n) is 13.5. The zero-order valence-corrected chi connectivity index (χ0v) is 23.0. The second-order valence-electron chi connectivity index (χ2n) is 9.82. The molecule has 6 heteroatoms. The molecule has 0 aliphatic carbocycles. The van der Waals surface area contributed by atoms with Crippen LogP contribution in [0.1, 0.15) is 70.1 Å². The number of rotatable bonds is 16. The lowest BCUT2D eigenvalue weighted by atomic mass is 9.76. The summed E-state index contributed by atoms with van der Waals surface area (Å²) >= 11 is 0. The average molecular weight is 517 g/mol. The molecule has 0 saturated carbocycles. The Balaban J connectivity index is 1.69. The Labute approximate surface area is 226 Å². The highest BCUT2D eigenvalue weighted by Gasteiger charge is 2.31. The number of ether oxygens (including phenoxy) is 2. The predicted molar refractivity (Wildman–Crippen MR) is 152 cm³/mol. The summed E-state index contributed by atoms with van der Waals surface area (Å²) in [4.78, 5) is 15.7. The zero-order valence-electron chi connectivity index (χ0n) is 23.0. The number of carbonyl (C=O) groups is 1. The van der Waals surface area contributed by atoms with Crippen molar-refractivity contribution >= 4 is 12.0 Å². The minimum absolute atomic E-state index is 0.113. The van der Waals surface area contributed by atoms with Crippen LogP contribution in [0.15, 0.2) is 82.5 Å². The highest BCUT2D eigenvalue weighted by Crippen LogP contribution is 2.37. The van der Waals surface area contributed by atoms with E-state index in [0.717, 1.165) is 66.9 Å². The number of aldehydes is 1. The van der Waals surface area contributed by atoms with Gasteiger partial charge in [0.2, 0.25) is 0 Å². The van der Waals surface area contributed by atoms with E-state index in [1.807, 2.05) is 60.8 Å². The molecule has 0 amide bonds. The Hall–Kier alpha value is -3.67. The fourth-order valence-corrected chi connectivity index (χ4v) is 4.76. The number of allylic oxidation sites excluding steroid dienone is 1. The molecule has 0 radical (unpaired) electrons. The summed E-state index contributed by atoms with van der Waals surface area (Å²) in [5.41, 5.74) is 2.21. The van der Waals surface area contributed by atoms with Crippen LogP contribution in [0.5, 0.6) is 17.4 Å². The minimum Gasteiger partial charge on any atom is -0.479 e. The number of aryl methyl sites for hydroxylation is 1. The number of methoxy groups -OCH3 is 1. The van der Waals surface area contributed by atoms with Gasteiger partial charge in [0, 0.05) is 36.2 Å². The molecular weight excluding hydrogens is 476 g/mol. The first-order valence-corrected chi connectivity index (χ1v) is 13.5. The Bertz CT molecular complexity index is 1170. The number of aliphatic imine (C=N–C) groups is 1. The number of benzene rings is 2. The number of nitrogens with zero attached hydrogens (tertiary/aromatic N) is 2. The Morgan fingerprint density at radius 3 is 2.53 bits per heavy atom. The van der Waals surface area contributed by atoms with Crippen molar-refractivity contribution in [3.63, 3.8) is 0 Å². The van der Waals surface area contributed by atoms with Crippen LogP contribution in [0.25, 0.3) is 0 Å². The van der Waals surface area contributed by atoms with Gasteiger partial charge >= 0.3 is 0 Å². The van der Waals surface area contributed by atoms with E-state index in [1.165, 1.54) is 0 Å². The molecule has 3 aromatic rings. The molecule has 6 nitrogen and oxygen atoms in total. The topological polar surface area (TPSA) is 73.9 Å². The van der Waals surface area contributed by atoms with Crippen molar-refractivity contribution in [3.8, 4) is 17.4 Å². The molecule has 1 heterocycles. The van der Waals surface area contributed by atoms with E-state index in [9.17, 15) is 4.79 Å². The smallest absolute Gasteiger partial charge is 0.254 e. The van der Waals surface area contributed by atoms with E-state index in [4.69, 9.17) is 19.0 Å². The third-order valence-corrected chi connectivity index (χ3v) is 6.73. The number of para-hydroxylation sites is 2. The number of hydrogen-bond acceptors (Lipinski definition) is 6. The van der Waals surface area contributed by atoms with Crippen LogP contribution >= 0.6 is 0 Å². The third-order valence-electron chi connectivity index (χ3n) is 6.73. The highest BCUT2D eigenvalue weighted by molar-refractivity contribution is 5.85. The maximum absolute atomic E-state index is 10.8. The third kappa shape index (κ3) is 8.72. The van der Waals surface area contributed by atoms with Crippen LogP contribution in [0, 0.1) is 11.8 Å². The fraction of sp³-hybridized carbons (Fsp3) is 0.406. The van der Waals surface area contributed by atoms with Crippen molar-refractivity contribution in [2.75, 3.05) is 7.11 Å². The standard InChI is InChI=1S/C32H40N2O4/c1-24(2)32(30-23-31(36-4)34-38-30)28(19-9-6-14-22-35)25(3)33-21-13-12-16-26-15-10-11-20-29(26)37-27-17-7-5-8-18-27/h5,7-8,10-11,13,15,17-18,20-24,28,32H,6,9,12,14,16,19H2,1-4H3/b21-13-,33-25+. The van der Waals surface area contributed by atoms with E-state index < -0.39 is 0 Å². The Kier molecular flexibility index (Phi) is 11.8. The lowest BCUT2D eigenvalue weighted by Crippen LogP contribution is -2.24. The summed E-state index contributed by atoms with van der Waals surface area (Å²) in [6.45, 7) is 6.47. The monoisotopic (exact) mass is 516 g/mol. The molecule has 0 aliphatic heterocycles. The van der Waals surface area contributed by atoms with Gasteiger partial charge in [0.1, 0.15) is 23.5 Å². The van der Waals surface area contributed by atoms with Crippen LogP contribution in [0.4, 0.5) is 0 Å². The quantitative estimate of drug-likeness (QED) is 0.109. The van der Waals surface area contributed by atoms with Crippen molar-refractivity contribution in [2.45, 2.75) is 65.2 Å². The molecule has 0 aliphatic rings. The largest absolute Gasteiger partial charge is 0.479 e. The first-order chi connectivity index (χ1) is 18.5. The number of unbranched alkanes of at least 4 members (excludes halogenated alkanes) is 2. The molecule has 0 spiro atoms. The molecule has 0 saturated heterocycles. The summed E-state index contributed by atoms with van der Waals surface area (Å²) in [6, 6.07) is 19.9. The van der Waals surface area contributed by atoms with E-state index in [2.05, 4.69) is 38.1 Å². The summed E-state index contributed by atoms with van der Waals surface area (Å²) in [6.07, 6.45) is 10.0. The Morgan fingerprint density at radius 2 is 1.82 bits per heavy atom. The van der Waals surface area contributed by atoms with Crippen LogP contribution < -0.4 is 9.47 Å². The Morgan fingerprint density at radius 1 is 1.05 bits per heavy atom. The minimum atomic E-state index is 0.113. The van der Waals surface area contributed by atoms with Gasteiger partial charge in [-0.2, -0.15) is 0 Å². The molecule has 0 bridgehead atoms. The van der Waals surface area contributed by atoms with Gasteiger partial charge in [-0.3, -0.25) is 4.99 Å². The molecule has 202 valence electrons. The number of hydrogen-bond donors (Lipinski definition) is 0. The predicted octanol–water partition coefficient (Wildman–Crippen LogP) is 8.20.